The quantitative estimate of drug-likeness (QED) is 0.596. The Balaban J connectivity index is 2.29. The zero-order chi connectivity index (χ0) is 14.9. The van der Waals surface area contributed by atoms with Gasteiger partial charge in [0, 0.05) is 0 Å². The summed E-state index contributed by atoms with van der Waals surface area (Å²) in [6, 6.07) is 1.13. The first-order chi connectivity index (χ1) is 9.38. The van der Waals surface area contributed by atoms with Gasteiger partial charge < -0.3 is 15.2 Å². The van der Waals surface area contributed by atoms with Gasteiger partial charge in [0.2, 0.25) is 5.69 Å². The molecule has 2 rings (SSSR count). The number of carboxylic acid groups (broad SMARTS) is 1. The Morgan fingerprint density at radius 1 is 1.25 bits per heavy atom. The van der Waals surface area contributed by atoms with Crippen LogP contribution in [0.5, 0.6) is 0 Å². The van der Waals surface area contributed by atoms with Crippen LogP contribution in [0.25, 0.3) is 0 Å². The topological polar surface area (TPSA) is 159 Å². The van der Waals surface area contributed by atoms with Crippen molar-refractivity contribution < 1.29 is 19.7 Å². The first kappa shape index (κ1) is 13.1. The third kappa shape index (κ3) is 2.43. The van der Waals surface area contributed by atoms with Gasteiger partial charge in [0.15, 0.2) is 6.67 Å². The predicted molar refractivity (Wildman–Crippen MR) is 60.1 cm³/mol. The van der Waals surface area contributed by atoms with Crippen molar-refractivity contribution in [2.45, 2.75) is 6.67 Å². The molecule has 0 unspecified atom stereocenters. The monoisotopic (exact) mass is 282 g/mol. The fraction of sp³-hybridized carbons (Fsp3) is 0.125. The van der Waals surface area contributed by atoms with E-state index in [1.54, 1.807) is 0 Å². The van der Waals surface area contributed by atoms with E-state index in [9.17, 15) is 25.0 Å². The van der Waals surface area contributed by atoms with Crippen molar-refractivity contribution in [2.24, 2.45) is 0 Å². The van der Waals surface area contributed by atoms with Gasteiger partial charge in [-0.1, -0.05) is 0 Å². The SMILES string of the molecule is O=C(O)c1nn(Cn2ccc([N+](=O)[O-])n2)cc1[N+](=O)[O-]. The van der Waals surface area contributed by atoms with E-state index in [1.165, 1.54) is 6.20 Å². The van der Waals surface area contributed by atoms with Gasteiger partial charge in [-0.05, 0) is 4.92 Å². The lowest BCUT2D eigenvalue weighted by Crippen LogP contribution is -2.10. The largest absolute Gasteiger partial charge is 0.476 e. The van der Waals surface area contributed by atoms with Crippen LogP contribution < -0.4 is 0 Å². The number of hydrogen-bond acceptors (Lipinski definition) is 7. The number of nitro groups is 2. The number of aromatic nitrogens is 4. The van der Waals surface area contributed by atoms with Gasteiger partial charge in [0.25, 0.3) is 0 Å². The second-order valence-electron chi connectivity index (χ2n) is 3.58. The standard InChI is InChI=1S/C8H6N6O6/c15-8(16)7-5(13(17)18)3-12(10-7)4-11-2-1-6(9-11)14(19)20/h1-3H,4H2,(H,15,16). The Labute approximate surface area is 109 Å². The molecule has 0 aromatic carbocycles. The molecular formula is C8H6N6O6. The van der Waals surface area contributed by atoms with Crippen LogP contribution in [0.1, 0.15) is 10.5 Å². The number of nitrogens with zero attached hydrogens (tertiary/aromatic N) is 6. The van der Waals surface area contributed by atoms with Crippen LogP contribution in [-0.4, -0.2) is 40.5 Å². The zero-order valence-electron chi connectivity index (χ0n) is 9.61. The van der Waals surface area contributed by atoms with E-state index >= 15 is 0 Å². The van der Waals surface area contributed by atoms with Gasteiger partial charge in [0.05, 0.1) is 22.3 Å². The number of carbonyl (C=O) groups is 1. The van der Waals surface area contributed by atoms with Crippen LogP contribution >= 0.6 is 0 Å². The summed E-state index contributed by atoms with van der Waals surface area (Å²) in [6.45, 7) is -0.193. The van der Waals surface area contributed by atoms with E-state index in [4.69, 9.17) is 5.11 Å². The Hall–Kier alpha value is -3.31. The van der Waals surface area contributed by atoms with Gasteiger partial charge >= 0.3 is 17.5 Å². The highest BCUT2D eigenvalue weighted by Gasteiger charge is 2.25. The third-order valence-electron chi connectivity index (χ3n) is 2.25. The molecule has 1 N–H and O–H groups in total. The van der Waals surface area contributed by atoms with Crippen LogP contribution in [0.15, 0.2) is 18.5 Å². The number of carboxylic acids is 1. The van der Waals surface area contributed by atoms with Gasteiger partial charge in [-0.3, -0.25) is 10.1 Å². The highest BCUT2D eigenvalue weighted by molar-refractivity contribution is 5.89. The van der Waals surface area contributed by atoms with Crippen LogP contribution in [0.4, 0.5) is 11.5 Å². The molecule has 0 aliphatic heterocycles. The summed E-state index contributed by atoms with van der Waals surface area (Å²) in [5, 5.41) is 37.0. The molecule has 0 amide bonds. The van der Waals surface area contributed by atoms with Gasteiger partial charge in [-0.2, -0.15) is 9.78 Å². The molecule has 0 spiro atoms. The van der Waals surface area contributed by atoms with Crippen LogP contribution in [-0.2, 0) is 6.67 Å². The van der Waals surface area contributed by atoms with Crippen LogP contribution in [0.2, 0.25) is 0 Å². The molecular weight excluding hydrogens is 276 g/mol. The highest BCUT2D eigenvalue weighted by Crippen LogP contribution is 2.16. The second-order valence-corrected chi connectivity index (χ2v) is 3.58. The van der Waals surface area contributed by atoms with Gasteiger partial charge in [-0.25, -0.2) is 9.48 Å². The fourth-order valence-electron chi connectivity index (χ4n) is 1.44. The van der Waals surface area contributed by atoms with E-state index in [0.29, 0.717) is 0 Å². The summed E-state index contributed by atoms with van der Waals surface area (Å²) in [5.41, 5.74) is -1.38. The van der Waals surface area contributed by atoms with E-state index in [0.717, 1.165) is 21.6 Å². The minimum atomic E-state index is -1.54. The van der Waals surface area contributed by atoms with Crippen molar-refractivity contribution in [3.8, 4) is 0 Å². The Bertz CT molecular complexity index is 671. The van der Waals surface area contributed by atoms with Gasteiger partial charge in [0.1, 0.15) is 6.20 Å². The molecule has 0 aliphatic rings. The highest BCUT2D eigenvalue weighted by atomic mass is 16.6. The van der Waals surface area contributed by atoms with E-state index in [2.05, 4.69) is 10.2 Å². The number of hydrogen-bond donors (Lipinski definition) is 1. The van der Waals surface area contributed by atoms with Crippen molar-refractivity contribution in [1.29, 1.82) is 0 Å². The fourth-order valence-corrected chi connectivity index (χ4v) is 1.44. The normalized spacial score (nSPS) is 10.4. The molecule has 2 heterocycles. The lowest BCUT2D eigenvalue weighted by atomic mass is 10.4. The molecule has 0 atom stereocenters. The first-order valence-corrected chi connectivity index (χ1v) is 5.01. The van der Waals surface area contributed by atoms with E-state index in [-0.39, 0.29) is 6.67 Å². The first-order valence-electron chi connectivity index (χ1n) is 5.01. The molecule has 0 saturated carbocycles. The number of rotatable bonds is 5. The molecule has 0 bridgehead atoms. The van der Waals surface area contributed by atoms with Crippen molar-refractivity contribution in [2.75, 3.05) is 0 Å². The molecule has 12 nitrogen and oxygen atoms in total. The average Bonchev–Trinajstić information content (AvgIpc) is 2.96. The maximum atomic E-state index is 10.8. The maximum absolute atomic E-state index is 10.8. The van der Waals surface area contributed by atoms with Crippen molar-refractivity contribution in [1.82, 2.24) is 19.6 Å². The second kappa shape index (κ2) is 4.75. The summed E-state index contributed by atoms with van der Waals surface area (Å²) < 4.78 is 2.05. The Morgan fingerprint density at radius 2 is 1.95 bits per heavy atom. The summed E-state index contributed by atoms with van der Waals surface area (Å²) in [6.07, 6.45) is 2.18. The molecule has 0 fully saturated rings. The molecule has 12 heteroatoms. The van der Waals surface area contributed by atoms with Crippen molar-refractivity contribution in [3.63, 3.8) is 0 Å². The van der Waals surface area contributed by atoms with Crippen LogP contribution in [0, 0.1) is 20.2 Å². The minimum absolute atomic E-state index is 0.193. The van der Waals surface area contributed by atoms with Gasteiger partial charge in [-0.15, -0.1) is 0 Å². The third-order valence-corrected chi connectivity index (χ3v) is 2.25. The van der Waals surface area contributed by atoms with Crippen LogP contribution in [0.3, 0.4) is 0 Å². The summed E-state index contributed by atoms with van der Waals surface area (Å²) >= 11 is 0. The summed E-state index contributed by atoms with van der Waals surface area (Å²) in [4.78, 5) is 30.3. The molecule has 20 heavy (non-hydrogen) atoms. The zero-order valence-corrected chi connectivity index (χ0v) is 9.61. The minimum Gasteiger partial charge on any atom is -0.476 e. The number of aromatic carboxylic acids is 1. The molecule has 0 saturated heterocycles. The molecule has 0 radical (unpaired) electrons. The smallest absolute Gasteiger partial charge is 0.389 e. The van der Waals surface area contributed by atoms with Crippen molar-refractivity contribution >= 4 is 17.5 Å². The Morgan fingerprint density at radius 3 is 2.40 bits per heavy atom. The average molecular weight is 282 g/mol. The van der Waals surface area contributed by atoms with E-state index in [1.807, 2.05) is 0 Å². The molecule has 0 aliphatic carbocycles. The molecule has 2 aromatic rings. The molecule has 2 aromatic heterocycles. The molecule has 104 valence electrons. The lowest BCUT2D eigenvalue weighted by molar-refractivity contribution is -0.389. The van der Waals surface area contributed by atoms with E-state index < -0.39 is 33.0 Å². The maximum Gasteiger partial charge on any atom is 0.389 e. The predicted octanol–water partition coefficient (Wildman–Crippen LogP) is 0.1000. The summed E-state index contributed by atoms with van der Waals surface area (Å²) in [5.74, 6) is -1.94. The summed E-state index contributed by atoms with van der Waals surface area (Å²) in [7, 11) is 0. The Kier molecular flexibility index (Phi) is 3.12. The van der Waals surface area contributed by atoms with Crippen molar-refractivity contribution in [3.05, 3.63) is 44.4 Å². The lowest BCUT2D eigenvalue weighted by Gasteiger charge is -1.95.